The van der Waals surface area contributed by atoms with Gasteiger partial charge in [0.2, 0.25) is 5.91 Å². The van der Waals surface area contributed by atoms with Crippen molar-refractivity contribution in [3.8, 4) is 0 Å². The van der Waals surface area contributed by atoms with E-state index in [1.165, 1.54) is 6.07 Å². The van der Waals surface area contributed by atoms with Gasteiger partial charge in [-0.2, -0.15) is 0 Å². The maximum Gasteiger partial charge on any atom is 0.225 e. The summed E-state index contributed by atoms with van der Waals surface area (Å²) in [6.45, 7) is 0. The first kappa shape index (κ1) is 10.9. The minimum Gasteiger partial charge on any atom is -0.323 e. The van der Waals surface area contributed by atoms with Crippen LogP contribution in [0.1, 0.15) is 23.5 Å². The van der Waals surface area contributed by atoms with Gasteiger partial charge in [-0.3, -0.25) is 9.78 Å². The van der Waals surface area contributed by atoms with Gasteiger partial charge in [-0.25, -0.2) is 4.39 Å². The summed E-state index contributed by atoms with van der Waals surface area (Å²) in [5.41, 5.74) is 2.03. The van der Waals surface area contributed by atoms with E-state index < -0.39 is 5.82 Å². The summed E-state index contributed by atoms with van der Waals surface area (Å²) in [5.74, 6) is -0.686. The molecule has 2 aromatic rings. The number of carbonyl (C=O) groups is 1. The van der Waals surface area contributed by atoms with Crippen molar-refractivity contribution in [1.82, 2.24) is 4.98 Å². The normalized spacial score (nSPS) is 18.1. The van der Waals surface area contributed by atoms with Gasteiger partial charge in [0.05, 0.1) is 5.69 Å². The Labute approximate surface area is 104 Å². The van der Waals surface area contributed by atoms with Gasteiger partial charge >= 0.3 is 0 Å². The number of rotatable bonds is 1. The van der Waals surface area contributed by atoms with Crippen LogP contribution in [0.2, 0.25) is 0 Å². The molecule has 3 rings (SSSR count). The molecular formula is C14H11FN2O. The summed E-state index contributed by atoms with van der Waals surface area (Å²) in [4.78, 5) is 15.7. The Hall–Kier alpha value is -2.23. The van der Waals surface area contributed by atoms with E-state index in [2.05, 4.69) is 10.3 Å². The number of fused-ring (bicyclic) bond motifs is 1. The molecule has 0 saturated heterocycles. The molecule has 0 fully saturated rings. The first-order chi connectivity index (χ1) is 8.75. The molecule has 1 aliphatic rings. The number of anilines is 1. The standard InChI is InChI=1S/C14H11FN2O/c15-12-5-1-4-10-11(7-13(18)17-14(10)12)9-3-2-6-16-8-9/h1-6,8,11H,7H2,(H,17,18). The van der Waals surface area contributed by atoms with Crippen LogP contribution in [0.5, 0.6) is 0 Å². The van der Waals surface area contributed by atoms with Crippen LogP contribution in [0.15, 0.2) is 42.7 Å². The maximum absolute atomic E-state index is 13.7. The van der Waals surface area contributed by atoms with Crippen molar-refractivity contribution in [2.24, 2.45) is 0 Å². The Morgan fingerprint density at radius 2 is 2.17 bits per heavy atom. The average molecular weight is 242 g/mol. The zero-order valence-electron chi connectivity index (χ0n) is 9.56. The second kappa shape index (κ2) is 4.22. The quantitative estimate of drug-likeness (QED) is 0.835. The van der Waals surface area contributed by atoms with Crippen LogP contribution in [-0.2, 0) is 4.79 Å². The third kappa shape index (κ3) is 1.76. The number of carbonyl (C=O) groups excluding carboxylic acids is 1. The molecule has 0 spiro atoms. The lowest BCUT2D eigenvalue weighted by Gasteiger charge is -2.25. The molecule has 90 valence electrons. The summed E-state index contributed by atoms with van der Waals surface area (Å²) in [7, 11) is 0. The van der Waals surface area contributed by atoms with Crippen LogP contribution in [0.4, 0.5) is 10.1 Å². The van der Waals surface area contributed by atoms with Crippen molar-refractivity contribution in [2.45, 2.75) is 12.3 Å². The zero-order chi connectivity index (χ0) is 12.5. The number of pyridine rings is 1. The van der Waals surface area contributed by atoms with Crippen molar-refractivity contribution in [2.75, 3.05) is 5.32 Å². The number of hydrogen-bond acceptors (Lipinski definition) is 2. The highest BCUT2D eigenvalue weighted by Gasteiger charge is 2.28. The smallest absolute Gasteiger partial charge is 0.225 e. The number of hydrogen-bond donors (Lipinski definition) is 1. The maximum atomic E-state index is 13.7. The van der Waals surface area contributed by atoms with E-state index in [4.69, 9.17) is 0 Å². The lowest BCUT2D eigenvalue weighted by atomic mass is 9.85. The average Bonchev–Trinajstić information content (AvgIpc) is 2.40. The monoisotopic (exact) mass is 242 g/mol. The fraction of sp³-hybridized carbons (Fsp3) is 0.143. The summed E-state index contributed by atoms with van der Waals surface area (Å²) >= 11 is 0. The molecule has 18 heavy (non-hydrogen) atoms. The Morgan fingerprint density at radius 1 is 1.28 bits per heavy atom. The molecule has 0 saturated carbocycles. The van der Waals surface area contributed by atoms with Gasteiger partial charge in [-0.05, 0) is 23.3 Å². The van der Waals surface area contributed by atoms with Crippen LogP contribution in [0.3, 0.4) is 0 Å². The molecule has 1 unspecified atom stereocenters. The van der Waals surface area contributed by atoms with Crippen molar-refractivity contribution < 1.29 is 9.18 Å². The third-order valence-electron chi connectivity index (χ3n) is 3.16. The van der Waals surface area contributed by atoms with Crippen molar-refractivity contribution >= 4 is 11.6 Å². The van der Waals surface area contributed by atoms with Crippen LogP contribution >= 0.6 is 0 Å². The van der Waals surface area contributed by atoms with Gasteiger partial charge in [0.25, 0.3) is 0 Å². The highest BCUT2D eigenvalue weighted by atomic mass is 19.1. The van der Waals surface area contributed by atoms with Crippen LogP contribution in [0, 0.1) is 5.82 Å². The largest absolute Gasteiger partial charge is 0.323 e. The number of halogens is 1. The molecular weight excluding hydrogens is 231 g/mol. The zero-order valence-corrected chi connectivity index (χ0v) is 9.56. The molecule has 3 nitrogen and oxygen atoms in total. The van der Waals surface area contributed by atoms with E-state index in [9.17, 15) is 9.18 Å². The molecule has 0 bridgehead atoms. The number of amides is 1. The number of benzene rings is 1. The van der Waals surface area contributed by atoms with Gasteiger partial charge < -0.3 is 5.32 Å². The van der Waals surface area contributed by atoms with E-state index in [0.29, 0.717) is 12.1 Å². The van der Waals surface area contributed by atoms with Crippen LogP contribution in [0.25, 0.3) is 0 Å². The number of aromatic nitrogens is 1. The summed E-state index contributed by atoms with van der Waals surface area (Å²) < 4.78 is 13.7. The Morgan fingerprint density at radius 3 is 2.94 bits per heavy atom. The first-order valence-electron chi connectivity index (χ1n) is 5.74. The van der Waals surface area contributed by atoms with Crippen molar-refractivity contribution in [3.63, 3.8) is 0 Å². The molecule has 1 N–H and O–H groups in total. The summed E-state index contributed by atoms with van der Waals surface area (Å²) in [6.07, 6.45) is 3.72. The molecule has 1 aliphatic heterocycles. The molecule has 4 heteroatoms. The van der Waals surface area contributed by atoms with Gasteiger partial charge in [0.15, 0.2) is 0 Å². The van der Waals surface area contributed by atoms with Gasteiger partial charge in [-0.1, -0.05) is 18.2 Å². The topological polar surface area (TPSA) is 42.0 Å². The molecule has 1 aromatic carbocycles. The molecule has 1 amide bonds. The second-order valence-corrected chi connectivity index (χ2v) is 4.30. The lowest BCUT2D eigenvalue weighted by Crippen LogP contribution is -2.24. The Bertz CT molecular complexity index is 598. The third-order valence-corrected chi connectivity index (χ3v) is 3.16. The fourth-order valence-corrected chi connectivity index (χ4v) is 2.33. The van der Waals surface area contributed by atoms with Gasteiger partial charge in [-0.15, -0.1) is 0 Å². The van der Waals surface area contributed by atoms with Crippen LogP contribution in [-0.4, -0.2) is 10.9 Å². The van der Waals surface area contributed by atoms with Crippen molar-refractivity contribution in [3.05, 3.63) is 59.7 Å². The van der Waals surface area contributed by atoms with Gasteiger partial charge in [0.1, 0.15) is 5.82 Å². The van der Waals surface area contributed by atoms with Crippen LogP contribution < -0.4 is 5.32 Å². The molecule has 1 atom stereocenters. The Balaban J connectivity index is 2.14. The second-order valence-electron chi connectivity index (χ2n) is 4.30. The molecule has 1 aromatic heterocycles. The van der Waals surface area contributed by atoms with E-state index in [0.717, 1.165) is 11.1 Å². The molecule has 0 aliphatic carbocycles. The number of nitrogens with zero attached hydrogens (tertiary/aromatic N) is 1. The number of para-hydroxylation sites is 1. The highest BCUT2D eigenvalue weighted by molar-refractivity contribution is 5.95. The predicted molar refractivity (Wildman–Crippen MR) is 65.7 cm³/mol. The number of nitrogens with one attached hydrogen (secondary N) is 1. The van der Waals surface area contributed by atoms with Gasteiger partial charge in [0, 0.05) is 24.7 Å². The Kier molecular flexibility index (Phi) is 2.55. The minimum absolute atomic E-state index is 0.127. The van der Waals surface area contributed by atoms with E-state index in [-0.39, 0.29) is 11.8 Å². The van der Waals surface area contributed by atoms with Crippen molar-refractivity contribution in [1.29, 1.82) is 0 Å². The summed E-state index contributed by atoms with van der Waals surface area (Å²) in [5, 5.41) is 2.59. The summed E-state index contributed by atoms with van der Waals surface area (Å²) in [6, 6.07) is 8.58. The lowest BCUT2D eigenvalue weighted by molar-refractivity contribution is -0.116. The fourth-order valence-electron chi connectivity index (χ4n) is 2.33. The predicted octanol–water partition coefficient (Wildman–Crippen LogP) is 2.69. The van der Waals surface area contributed by atoms with E-state index in [1.807, 2.05) is 18.2 Å². The first-order valence-corrected chi connectivity index (χ1v) is 5.74. The van der Waals surface area contributed by atoms with E-state index in [1.54, 1.807) is 18.5 Å². The SMILES string of the molecule is O=C1CC(c2cccnc2)c2cccc(F)c2N1. The van der Waals surface area contributed by atoms with E-state index >= 15 is 0 Å². The minimum atomic E-state index is -0.394. The highest BCUT2D eigenvalue weighted by Crippen LogP contribution is 2.37. The molecule has 2 heterocycles. The molecule has 0 radical (unpaired) electrons.